The van der Waals surface area contributed by atoms with Gasteiger partial charge in [-0.15, -0.1) is 0 Å². The molecule has 15 heavy (non-hydrogen) atoms. The monoisotopic (exact) mass is 237 g/mol. The molecule has 0 bridgehead atoms. The molecular formula is C10H23NO3S. The molecule has 0 aliphatic carbocycles. The van der Waals surface area contributed by atoms with Gasteiger partial charge in [-0.25, -0.2) is 8.42 Å². The van der Waals surface area contributed by atoms with Crippen LogP contribution in [-0.2, 0) is 9.84 Å². The van der Waals surface area contributed by atoms with Gasteiger partial charge in [0.05, 0.1) is 17.1 Å². The molecule has 0 aliphatic heterocycles. The lowest BCUT2D eigenvalue weighted by Gasteiger charge is -2.18. The Morgan fingerprint density at radius 3 is 2.13 bits per heavy atom. The topological polar surface area (TPSA) is 57.6 Å². The minimum atomic E-state index is -2.94. The lowest BCUT2D eigenvalue weighted by molar-refractivity contribution is 0.166. The number of rotatable bonds is 7. The van der Waals surface area contributed by atoms with Crippen LogP contribution in [0.15, 0.2) is 0 Å². The van der Waals surface area contributed by atoms with Crippen molar-refractivity contribution in [3.8, 4) is 0 Å². The van der Waals surface area contributed by atoms with Crippen LogP contribution in [0, 0.1) is 0 Å². The van der Waals surface area contributed by atoms with Crippen LogP contribution < -0.4 is 0 Å². The Morgan fingerprint density at radius 2 is 1.73 bits per heavy atom. The van der Waals surface area contributed by atoms with E-state index in [1.165, 1.54) is 0 Å². The first-order valence-corrected chi connectivity index (χ1v) is 7.05. The smallest absolute Gasteiger partial charge is 0.153 e. The highest BCUT2D eigenvalue weighted by molar-refractivity contribution is 7.92. The van der Waals surface area contributed by atoms with Crippen LogP contribution in [0.25, 0.3) is 0 Å². The molecule has 0 heterocycles. The predicted molar refractivity (Wildman–Crippen MR) is 62.7 cm³/mol. The highest BCUT2D eigenvalue weighted by Gasteiger charge is 2.16. The van der Waals surface area contributed by atoms with Gasteiger partial charge >= 0.3 is 0 Å². The summed E-state index contributed by atoms with van der Waals surface area (Å²) in [6.07, 6.45) is 0.354. The van der Waals surface area contributed by atoms with Crippen molar-refractivity contribution in [3.05, 3.63) is 0 Å². The molecule has 0 aromatic heterocycles. The van der Waals surface area contributed by atoms with Gasteiger partial charge in [-0.2, -0.15) is 0 Å². The predicted octanol–water partition coefficient (Wildman–Crippen LogP) is 0.512. The molecule has 0 saturated carbocycles. The van der Waals surface area contributed by atoms with Crippen molar-refractivity contribution < 1.29 is 13.5 Å². The SMILES string of the molecule is CC(O)CCN(C)CCS(=O)(=O)C(C)C. The minimum Gasteiger partial charge on any atom is -0.393 e. The molecule has 0 radical (unpaired) electrons. The van der Waals surface area contributed by atoms with E-state index in [1.54, 1.807) is 20.8 Å². The maximum absolute atomic E-state index is 11.5. The minimum absolute atomic E-state index is 0.195. The second kappa shape index (κ2) is 6.45. The highest BCUT2D eigenvalue weighted by atomic mass is 32.2. The van der Waals surface area contributed by atoms with Crippen molar-refractivity contribution in [1.82, 2.24) is 4.90 Å². The van der Waals surface area contributed by atoms with Crippen molar-refractivity contribution in [1.29, 1.82) is 0 Å². The molecule has 1 atom stereocenters. The van der Waals surface area contributed by atoms with E-state index in [2.05, 4.69) is 0 Å². The molecule has 0 spiro atoms. The number of hydrogen-bond donors (Lipinski definition) is 1. The van der Waals surface area contributed by atoms with Crippen molar-refractivity contribution in [2.24, 2.45) is 0 Å². The van der Waals surface area contributed by atoms with Crippen LogP contribution in [0.3, 0.4) is 0 Å². The first-order valence-electron chi connectivity index (χ1n) is 5.34. The highest BCUT2D eigenvalue weighted by Crippen LogP contribution is 2.01. The Hall–Kier alpha value is -0.130. The zero-order chi connectivity index (χ0) is 12.1. The average molecular weight is 237 g/mol. The Morgan fingerprint density at radius 1 is 1.20 bits per heavy atom. The Bertz CT molecular complexity index is 260. The quantitative estimate of drug-likeness (QED) is 0.701. The third-order valence-corrected chi connectivity index (χ3v) is 4.59. The Kier molecular flexibility index (Phi) is 6.40. The summed E-state index contributed by atoms with van der Waals surface area (Å²) >= 11 is 0. The lowest BCUT2D eigenvalue weighted by atomic mass is 10.3. The van der Waals surface area contributed by atoms with Gasteiger partial charge < -0.3 is 10.0 Å². The van der Waals surface area contributed by atoms with Crippen LogP contribution in [0.2, 0.25) is 0 Å². The van der Waals surface area contributed by atoms with Gasteiger partial charge in [-0.05, 0) is 34.2 Å². The van der Waals surface area contributed by atoms with E-state index in [9.17, 15) is 8.42 Å². The molecule has 0 aromatic carbocycles. The van der Waals surface area contributed by atoms with E-state index < -0.39 is 9.84 Å². The fourth-order valence-electron chi connectivity index (χ4n) is 1.04. The zero-order valence-electron chi connectivity index (χ0n) is 10.1. The fourth-order valence-corrected chi connectivity index (χ4v) is 2.08. The summed E-state index contributed by atoms with van der Waals surface area (Å²) < 4.78 is 23.0. The van der Waals surface area contributed by atoms with E-state index in [0.717, 1.165) is 6.54 Å². The molecular weight excluding hydrogens is 214 g/mol. The third-order valence-electron chi connectivity index (χ3n) is 2.40. The molecule has 0 saturated heterocycles. The van der Waals surface area contributed by atoms with Crippen LogP contribution in [0.5, 0.6) is 0 Å². The number of aliphatic hydroxyl groups is 1. The maximum Gasteiger partial charge on any atom is 0.153 e. The normalized spacial score (nSPS) is 14.9. The second-order valence-electron chi connectivity index (χ2n) is 4.36. The van der Waals surface area contributed by atoms with E-state index in [-0.39, 0.29) is 17.1 Å². The number of hydrogen-bond acceptors (Lipinski definition) is 4. The van der Waals surface area contributed by atoms with Gasteiger partial charge in [0.15, 0.2) is 9.84 Å². The second-order valence-corrected chi connectivity index (χ2v) is 7.03. The molecule has 0 rings (SSSR count). The van der Waals surface area contributed by atoms with Crippen LogP contribution in [0.4, 0.5) is 0 Å². The van der Waals surface area contributed by atoms with Crippen molar-refractivity contribution in [2.75, 3.05) is 25.9 Å². The summed E-state index contributed by atoms with van der Waals surface area (Å²) in [7, 11) is -1.06. The summed E-state index contributed by atoms with van der Waals surface area (Å²) in [5.41, 5.74) is 0. The van der Waals surface area contributed by atoms with Gasteiger partial charge in [0.1, 0.15) is 0 Å². The van der Waals surface area contributed by atoms with Crippen molar-refractivity contribution >= 4 is 9.84 Å². The Labute approximate surface area is 93.2 Å². The van der Waals surface area contributed by atoms with Gasteiger partial charge in [0, 0.05) is 13.1 Å². The van der Waals surface area contributed by atoms with Gasteiger partial charge in [0.2, 0.25) is 0 Å². The first kappa shape index (κ1) is 14.9. The molecule has 92 valence electrons. The van der Waals surface area contributed by atoms with E-state index in [1.807, 2.05) is 11.9 Å². The van der Waals surface area contributed by atoms with Crippen molar-refractivity contribution in [2.45, 2.75) is 38.5 Å². The van der Waals surface area contributed by atoms with Gasteiger partial charge in [-0.1, -0.05) is 0 Å². The summed E-state index contributed by atoms with van der Waals surface area (Å²) in [6, 6.07) is 0. The number of nitrogens with zero attached hydrogens (tertiary/aromatic N) is 1. The fraction of sp³-hybridized carbons (Fsp3) is 1.00. The Balaban J connectivity index is 3.86. The van der Waals surface area contributed by atoms with Gasteiger partial charge in [0.25, 0.3) is 0 Å². The van der Waals surface area contributed by atoms with E-state index in [0.29, 0.717) is 13.0 Å². The molecule has 0 fully saturated rings. The summed E-state index contributed by atoms with van der Waals surface area (Å²) in [6.45, 7) is 6.40. The summed E-state index contributed by atoms with van der Waals surface area (Å²) in [4.78, 5) is 1.94. The lowest BCUT2D eigenvalue weighted by Crippen LogP contribution is -2.30. The molecule has 5 heteroatoms. The van der Waals surface area contributed by atoms with Crippen molar-refractivity contribution in [3.63, 3.8) is 0 Å². The van der Waals surface area contributed by atoms with Crippen LogP contribution in [0.1, 0.15) is 27.2 Å². The maximum atomic E-state index is 11.5. The zero-order valence-corrected chi connectivity index (χ0v) is 10.9. The summed E-state index contributed by atoms with van der Waals surface area (Å²) in [5, 5.41) is 8.77. The molecule has 1 unspecified atom stereocenters. The molecule has 0 aliphatic rings. The van der Waals surface area contributed by atoms with Crippen LogP contribution in [-0.4, -0.2) is 55.7 Å². The molecule has 1 N–H and O–H groups in total. The standard InChI is InChI=1S/C10H23NO3S/c1-9(2)15(13,14)8-7-11(4)6-5-10(3)12/h9-10,12H,5-8H2,1-4H3. The molecule has 0 aromatic rings. The molecule has 0 amide bonds. The van der Waals surface area contributed by atoms with E-state index in [4.69, 9.17) is 5.11 Å². The van der Waals surface area contributed by atoms with E-state index >= 15 is 0 Å². The average Bonchev–Trinajstić information content (AvgIpc) is 2.11. The number of aliphatic hydroxyl groups excluding tert-OH is 1. The van der Waals surface area contributed by atoms with Crippen LogP contribution >= 0.6 is 0 Å². The molecule has 4 nitrogen and oxygen atoms in total. The first-order chi connectivity index (χ1) is 6.75. The largest absolute Gasteiger partial charge is 0.393 e. The van der Waals surface area contributed by atoms with Gasteiger partial charge in [-0.3, -0.25) is 0 Å². The summed E-state index contributed by atoms with van der Waals surface area (Å²) in [5.74, 6) is 0.195. The number of sulfone groups is 1. The third kappa shape index (κ3) is 6.87.